The van der Waals surface area contributed by atoms with E-state index >= 15 is 0 Å². The Balaban J connectivity index is 1.41. The summed E-state index contributed by atoms with van der Waals surface area (Å²) in [6, 6.07) is 12.1. The Labute approximate surface area is 167 Å². The third kappa shape index (κ3) is 4.22. The molecule has 3 aromatic rings. The Morgan fingerprint density at radius 2 is 1.89 bits per heavy atom. The highest BCUT2D eigenvalue weighted by Gasteiger charge is 2.17. The maximum Gasteiger partial charge on any atom is 0.266 e. The van der Waals surface area contributed by atoms with E-state index in [9.17, 15) is 9.18 Å². The molecule has 1 N–H and O–H groups in total. The Morgan fingerprint density at radius 1 is 1.14 bits per heavy atom. The fourth-order valence-corrected chi connectivity index (χ4v) is 4.06. The van der Waals surface area contributed by atoms with Crippen molar-refractivity contribution in [3.05, 3.63) is 64.8 Å². The number of amides is 1. The van der Waals surface area contributed by atoms with Gasteiger partial charge < -0.3 is 4.74 Å². The zero-order chi connectivity index (χ0) is 19.5. The highest BCUT2D eigenvalue weighted by molar-refractivity contribution is 7.14. The van der Waals surface area contributed by atoms with E-state index in [1.807, 2.05) is 5.38 Å². The van der Waals surface area contributed by atoms with Crippen molar-refractivity contribution in [3.8, 4) is 17.0 Å². The van der Waals surface area contributed by atoms with Crippen LogP contribution in [0.15, 0.2) is 47.8 Å². The maximum absolute atomic E-state index is 13.0. The van der Waals surface area contributed by atoms with Gasteiger partial charge in [0.1, 0.15) is 11.6 Å². The van der Waals surface area contributed by atoms with Crippen molar-refractivity contribution in [1.82, 2.24) is 4.98 Å². The first-order valence-corrected chi connectivity index (χ1v) is 10.3. The lowest BCUT2D eigenvalue weighted by Crippen LogP contribution is -2.30. The summed E-state index contributed by atoms with van der Waals surface area (Å²) in [6.07, 6.45) is 4.05. The molecule has 0 fully saturated rings. The molecule has 2 aromatic carbocycles. The first kappa shape index (κ1) is 18.6. The molecule has 0 aliphatic heterocycles. The minimum Gasteiger partial charge on any atom is -0.481 e. The molecule has 0 saturated heterocycles. The van der Waals surface area contributed by atoms with Gasteiger partial charge in [0.15, 0.2) is 11.2 Å². The number of aryl methyl sites for hydroxylation is 2. The number of hydrogen-bond donors (Lipinski definition) is 1. The van der Waals surface area contributed by atoms with E-state index in [4.69, 9.17) is 4.74 Å². The summed E-state index contributed by atoms with van der Waals surface area (Å²) >= 11 is 1.39. The number of nitrogens with zero attached hydrogens (tertiary/aromatic N) is 1. The van der Waals surface area contributed by atoms with Crippen molar-refractivity contribution >= 4 is 22.4 Å². The SMILES string of the molecule is C[C@H](Oc1ccc(F)cc1)C(=O)Nc1nc(-c2ccc3c(c2)CCCC3)cs1. The molecule has 1 aliphatic rings. The quantitative estimate of drug-likeness (QED) is 0.642. The van der Waals surface area contributed by atoms with Gasteiger partial charge in [-0.1, -0.05) is 12.1 Å². The Bertz CT molecular complexity index is 984. The van der Waals surface area contributed by atoms with Gasteiger partial charge in [0.2, 0.25) is 0 Å². The van der Waals surface area contributed by atoms with Gasteiger partial charge in [-0.15, -0.1) is 11.3 Å². The van der Waals surface area contributed by atoms with Gasteiger partial charge in [0.25, 0.3) is 5.91 Å². The molecule has 4 rings (SSSR count). The summed E-state index contributed by atoms with van der Waals surface area (Å²) < 4.78 is 18.5. The van der Waals surface area contributed by atoms with Gasteiger partial charge in [-0.05, 0) is 74.1 Å². The van der Waals surface area contributed by atoms with E-state index < -0.39 is 6.10 Å². The predicted molar refractivity (Wildman–Crippen MR) is 109 cm³/mol. The molecule has 0 spiro atoms. The van der Waals surface area contributed by atoms with Crippen molar-refractivity contribution in [2.24, 2.45) is 0 Å². The maximum atomic E-state index is 13.0. The molecule has 0 bridgehead atoms. The van der Waals surface area contributed by atoms with Crippen LogP contribution in [0.4, 0.5) is 9.52 Å². The number of nitrogens with one attached hydrogen (secondary N) is 1. The lowest BCUT2D eigenvalue weighted by Gasteiger charge is -2.16. The number of carbonyl (C=O) groups is 1. The van der Waals surface area contributed by atoms with E-state index in [0.29, 0.717) is 10.9 Å². The second-order valence-corrected chi connectivity index (χ2v) is 7.79. The van der Waals surface area contributed by atoms with Crippen LogP contribution >= 0.6 is 11.3 Å². The minimum absolute atomic E-state index is 0.296. The average molecular weight is 396 g/mol. The summed E-state index contributed by atoms with van der Waals surface area (Å²) in [5, 5.41) is 5.28. The fourth-order valence-electron chi connectivity index (χ4n) is 3.33. The van der Waals surface area contributed by atoms with E-state index in [0.717, 1.165) is 24.1 Å². The monoisotopic (exact) mass is 396 g/mol. The molecule has 1 heterocycles. The molecule has 1 aromatic heterocycles. The van der Waals surface area contributed by atoms with E-state index in [2.05, 4.69) is 28.5 Å². The van der Waals surface area contributed by atoms with Crippen molar-refractivity contribution in [2.45, 2.75) is 38.7 Å². The highest BCUT2D eigenvalue weighted by atomic mass is 32.1. The lowest BCUT2D eigenvalue weighted by atomic mass is 9.90. The fraction of sp³-hybridized carbons (Fsp3) is 0.273. The zero-order valence-corrected chi connectivity index (χ0v) is 16.4. The number of rotatable bonds is 5. The van der Waals surface area contributed by atoms with Crippen LogP contribution in [0.5, 0.6) is 5.75 Å². The molecular weight excluding hydrogens is 375 g/mol. The Kier molecular flexibility index (Phi) is 5.39. The summed E-state index contributed by atoms with van der Waals surface area (Å²) in [4.78, 5) is 16.9. The van der Waals surface area contributed by atoms with E-state index in [-0.39, 0.29) is 11.7 Å². The number of hydrogen-bond acceptors (Lipinski definition) is 4. The lowest BCUT2D eigenvalue weighted by molar-refractivity contribution is -0.122. The first-order valence-electron chi connectivity index (χ1n) is 9.39. The van der Waals surface area contributed by atoms with Crippen molar-refractivity contribution in [2.75, 3.05) is 5.32 Å². The summed E-state index contributed by atoms with van der Waals surface area (Å²) in [6.45, 7) is 1.65. The predicted octanol–water partition coefficient (Wildman–Crippen LogP) is 5.23. The third-order valence-electron chi connectivity index (χ3n) is 4.87. The Hall–Kier alpha value is -2.73. The van der Waals surface area contributed by atoms with Crippen LogP contribution in [-0.4, -0.2) is 17.0 Å². The van der Waals surface area contributed by atoms with Gasteiger partial charge in [-0.2, -0.15) is 0 Å². The van der Waals surface area contributed by atoms with Crippen LogP contribution in [0.2, 0.25) is 0 Å². The van der Waals surface area contributed by atoms with Crippen molar-refractivity contribution < 1.29 is 13.9 Å². The number of benzene rings is 2. The van der Waals surface area contributed by atoms with Crippen LogP contribution in [0.25, 0.3) is 11.3 Å². The molecule has 144 valence electrons. The topological polar surface area (TPSA) is 51.2 Å². The number of anilines is 1. The molecule has 0 saturated carbocycles. The second-order valence-electron chi connectivity index (χ2n) is 6.93. The smallest absolute Gasteiger partial charge is 0.266 e. The molecule has 1 aliphatic carbocycles. The molecule has 6 heteroatoms. The van der Waals surface area contributed by atoms with Crippen molar-refractivity contribution in [3.63, 3.8) is 0 Å². The number of carbonyl (C=O) groups excluding carboxylic acids is 1. The minimum atomic E-state index is -0.721. The molecular formula is C22H21FN2O2S. The number of halogens is 1. The second kappa shape index (κ2) is 8.10. The van der Waals surface area contributed by atoms with Crippen LogP contribution in [0.3, 0.4) is 0 Å². The molecule has 1 atom stereocenters. The normalized spacial score (nSPS) is 14.2. The molecule has 1 amide bonds. The number of aromatic nitrogens is 1. The number of thiazole rings is 1. The molecule has 4 nitrogen and oxygen atoms in total. The van der Waals surface area contributed by atoms with Crippen LogP contribution in [0, 0.1) is 5.82 Å². The van der Waals surface area contributed by atoms with E-state index in [1.54, 1.807) is 6.92 Å². The third-order valence-corrected chi connectivity index (χ3v) is 5.63. The van der Waals surface area contributed by atoms with Gasteiger partial charge in [0, 0.05) is 10.9 Å². The first-order chi connectivity index (χ1) is 13.6. The zero-order valence-electron chi connectivity index (χ0n) is 15.6. The molecule has 28 heavy (non-hydrogen) atoms. The van der Waals surface area contributed by atoms with Gasteiger partial charge in [-0.25, -0.2) is 9.37 Å². The Morgan fingerprint density at radius 3 is 2.68 bits per heavy atom. The van der Waals surface area contributed by atoms with Crippen LogP contribution in [-0.2, 0) is 17.6 Å². The van der Waals surface area contributed by atoms with Gasteiger partial charge in [0.05, 0.1) is 5.69 Å². The van der Waals surface area contributed by atoms with Crippen LogP contribution in [0.1, 0.15) is 30.9 Å². The van der Waals surface area contributed by atoms with Crippen molar-refractivity contribution in [1.29, 1.82) is 0 Å². The van der Waals surface area contributed by atoms with Gasteiger partial charge in [-0.3, -0.25) is 10.1 Å². The summed E-state index contributed by atoms with van der Waals surface area (Å²) in [5.41, 5.74) is 4.78. The largest absolute Gasteiger partial charge is 0.481 e. The standard InChI is InChI=1S/C22H21FN2O2S/c1-14(27-19-10-8-18(23)9-11-19)21(26)25-22-24-20(13-28-22)17-7-6-15-4-2-3-5-16(15)12-17/h6-14H,2-5H2,1H3,(H,24,25,26)/t14-/m0/s1. The highest BCUT2D eigenvalue weighted by Crippen LogP contribution is 2.29. The van der Waals surface area contributed by atoms with Gasteiger partial charge >= 0.3 is 0 Å². The molecule has 0 radical (unpaired) electrons. The van der Waals surface area contributed by atoms with E-state index in [1.165, 1.54) is 59.6 Å². The van der Waals surface area contributed by atoms with Crippen LogP contribution < -0.4 is 10.1 Å². The number of ether oxygens (including phenoxy) is 1. The summed E-state index contributed by atoms with van der Waals surface area (Å²) in [7, 11) is 0. The number of fused-ring (bicyclic) bond motifs is 1. The molecule has 0 unspecified atom stereocenters. The average Bonchev–Trinajstić information content (AvgIpc) is 3.17. The summed E-state index contributed by atoms with van der Waals surface area (Å²) in [5.74, 6) is -0.199.